The van der Waals surface area contributed by atoms with E-state index in [2.05, 4.69) is 21.3 Å². The van der Waals surface area contributed by atoms with Gasteiger partial charge < -0.3 is 30.7 Å². The minimum Gasteiger partial charge on any atom is -0.410 e. The van der Waals surface area contributed by atoms with Crippen molar-refractivity contribution in [1.29, 1.82) is 0 Å². The predicted octanol–water partition coefficient (Wildman–Crippen LogP) is 4.82. The van der Waals surface area contributed by atoms with Gasteiger partial charge in [0.15, 0.2) is 11.6 Å². The molecule has 1 unspecified atom stereocenters. The van der Waals surface area contributed by atoms with Crippen LogP contribution in [0.25, 0.3) is 0 Å². The molecule has 0 fully saturated rings. The molecule has 1 atom stereocenters. The van der Waals surface area contributed by atoms with Crippen molar-refractivity contribution in [2.75, 3.05) is 0 Å². The molecule has 0 aliphatic carbocycles. The Morgan fingerprint density at radius 2 is 1.09 bits per heavy atom. The van der Waals surface area contributed by atoms with Gasteiger partial charge in [-0.25, -0.2) is 9.59 Å². The van der Waals surface area contributed by atoms with Crippen LogP contribution in [0.4, 0.5) is 19.2 Å². The fourth-order valence-electron chi connectivity index (χ4n) is 4.88. The standard InChI is InChI=1S/C31H40BN4O8/c1-20(16-29(2,3)35-27(41)43-23-12-8-21(17-37)9-13-23)33-25(39)32-26(40)34-30(4,5)19-31(6,7)36-28(42)44-24-14-10-22(18-38)11-15-24/h8-15,17-18,20H,16,19H2,1-7H3,(H,33,39)(H,34,40)(H,35,41)(H,36,42). The number of amides is 4. The molecule has 1 radical (unpaired) electrons. The molecule has 0 saturated heterocycles. The smallest absolute Gasteiger partial charge is 0.410 e. The summed E-state index contributed by atoms with van der Waals surface area (Å²) in [5.74, 6) is -0.682. The Hall–Kier alpha value is -4.68. The Balaban J connectivity index is 1.79. The molecule has 4 N–H and O–H groups in total. The third-order valence-corrected chi connectivity index (χ3v) is 6.15. The Labute approximate surface area is 258 Å². The summed E-state index contributed by atoms with van der Waals surface area (Å²) >= 11 is 0. The molecular formula is C31H40BN4O8. The van der Waals surface area contributed by atoms with Crippen LogP contribution in [0.2, 0.25) is 0 Å². The SMILES string of the molecule is CC(CC(C)(C)NC(=O)Oc1ccc(C=O)cc1)NC(=O)[B]C(=O)NC(C)(C)CC(C)(C)NC(=O)Oc1ccc(C=O)cc1. The lowest BCUT2D eigenvalue weighted by atomic mass is 9.74. The monoisotopic (exact) mass is 607 g/mol. The molecular weight excluding hydrogens is 567 g/mol. The van der Waals surface area contributed by atoms with Crippen molar-refractivity contribution in [2.24, 2.45) is 0 Å². The highest BCUT2D eigenvalue weighted by molar-refractivity contribution is 6.96. The van der Waals surface area contributed by atoms with Gasteiger partial charge in [0, 0.05) is 33.8 Å². The molecule has 2 aromatic rings. The summed E-state index contributed by atoms with van der Waals surface area (Å²) in [5, 5.41) is 11.0. The number of carbonyl (C=O) groups is 6. The summed E-state index contributed by atoms with van der Waals surface area (Å²) in [4.78, 5) is 71.5. The van der Waals surface area contributed by atoms with Crippen molar-refractivity contribution >= 4 is 43.7 Å². The molecule has 0 spiro atoms. The van der Waals surface area contributed by atoms with Crippen LogP contribution in [-0.4, -0.2) is 66.3 Å². The Morgan fingerprint density at radius 3 is 1.52 bits per heavy atom. The first-order valence-corrected chi connectivity index (χ1v) is 14.0. The first-order chi connectivity index (χ1) is 20.4. The number of hydrogen-bond acceptors (Lipinski definition) is 8. The summed E-state index contributed by atoms with van der Waals surface area (Å²) in [6.07, 6.45) is 0.607. The second-order valence-corrected chi connectivity index (χ2v) is 12.5. The topological polar surface area (TPSA) is 169 Å². The minimum atomic E-state index is -0.818. The van der Waals surface area contributed by atoms with Crippen LogP contribution in [0.3, 0.4) is 0 Å². The van der Waals surface area contributed by atoms with Crippen molar-refractivity contribution in [2.45, 2.75) is 84.0 Å². The zero-order valence-electron chi connectivity index (χ0n) is 26.1. The van der Waals surface area contributed by atoms with E-state index in [9.17, 15) is 28.8 Å². The van der Waals surface area contributed by atoms with E-state index < -0.39 is 46.5 Å². The summed E-state index contributed by atoms with van der Waals surface area (Å²) < 4.78 is 10.5. The van der Waals surface area contributed by atoms with Gasteiger partial charge in [0.25, 0.3) is 0 Å². The Bertz CT molecular complexity index is 1340. The number of ether oxygens (including phenoxy) is 2. The molecule has 4 amide bonds. The highest BCUT2D eigenvalue weighted by Crippen LogP contribution is 2.21. The van der Waals surface area contributed by atoms with Crippen LogP contribution >= 0.6 is 0 Å². The maximum absolute atomic E-state index is 12.6. The third kappa shape index (κ3) is 13.1. The largest absolute Gasteiger partial charge is 0.413 e. The molecule has 2 rings (SSSR count). The van der Waals surface area contributed by atoms with E-state index in [1.165, 1.54) is 48.5 Å². The van der Waals surface area contributed by atoms with Crippen LogP contribution in [0.1, 0.15) is 82.0 Å². The fourth-order valence-corrected chi connectivity index (χ4v) is 4.88. The molecule has 44 heavy (non-hydrogen) atoms. The van der Waals surface area contributed by atoms with Gasteiger partial charge in [-0.3, -0.25) is 19.2 Å². The molecule has 0 aromatic heterocycles. The normalized spacial score (nSPS) is 12.2. The molecule has 12 nitrogen and oxygen atoms in total. The lowest BCUT2D eigenvalue weighted by Crippen LogP contribution is -2.55. The zero-order chi connectivity index (χ0) is 33.1. The third-order valence-electron chi connectivity index (χ3n) is 6.15. The molecule has 0 aliphatic heterocycles. The van der Waals surface area contributed by atoms with Crippen molar-refractivity contribution in [3.8, 4) is 11.5 Å². The summed E-state index contributed by atoms with van der Waals surface area (Å²) in [7, 11) is 0.910. The minimum absolute atomic E-state index is 0.271. The van der Waals surface area contributed by atoms with Crippen LogP contribution in [0.15, 0.2) is 48.5 Å². The van der Waals surface area contributed by atoms with Crippen LogP contribution < -0.4 is 30.7 Å². The summed E-state index contributed by atoms with van der Waals surface area (Å²) in [6.45, 7) is 12.3. The second-order valence-electron chi connectivity index (χ2n) is 12.5. The van der Waals surface area contributed by atoms with Crippen LogP contribution in [0.5, 0.6) is 11.5 Å². The molecule has 235 valence electrons. The van der Waals surface area contributed by atoms with Gasteiger partial charge in [-0.15, -0.1) is 0 Å². The maximum Gasteiger partial charge on any atom is 0.413 e. The predicted molar refractivity (Wildman–Crippen MR) is 166 cm³/mol. The molecule has 0 heterocycles. The van der Waals surface area contributed by atoms with Gasteiger partial charge >= 0.3 is 19.5 Å². The average Bonchev–Trinajstić information content (AvgIpc) is 2.86. The van der Waals surface area contributed by atoms with Crippen LogP contribution in [0, 0.1) is 0 Å². The summed E-state index contributed by atoms with van der Waals surface area (Å²) in [6, 6.07) is 11.7. The van der Waals surface area contributed by atoms with Gasteiger partial charge in [-0.2, -0.15) is 0 Å². The number of carbonyl (C=O) groups excluding carboxylic acids is 6. The van der Waals surface area contributed by atoms with E-state index in [0.717, 1.165) is 7.28 Å². The van der Waals surface area contributed by atoms with Crippen LogP contribution in [-0.2, 0) is 0 Å². The second kappa shape index (κ2) is 15.2. The highest BCUT2D eigenvalue weighted by Gasteiger charge is 2.33. The van der Waals surface area contributed by atoms with Crippen molar-refractivity contribution < 1.29 is 38.2 Å². The van der Waals surface area contributed by atoms with Gasteiger partial charge in [-0.1, -0.05) is 0 Å². The highest BCUT2D eigenvalue weighted by atomic mass is 16.6. The Morgan fingerprint density at radius 1 is 0.682 bits per heavy atom. The number of benzene rings is 2. The summed E-state index contributed by atoms with van der Waals surface area (Å²) in [5.41, 5.74) is -1.48. The van der Waals surface area contributed by atoms with E-state index in [0.29, 0.717) is 36.5 Å². The molecule has 0 aliphatic rings. The number of hydrogen-bond donors (Lipinski definition) is 4. The molecule has 2 aromatic carbocycles. The molecule has 13 heteroatoms. The average molecular weight is 607 g/mol. The van der Waals surface area contributed by atoms with Gasteiger partial charge in [-0.05, 0) is 110 Å². The van der Waals surface area contributed by atoms with Crippen molar-refractivity contribution in [3.63, 3.8) is 0 Å². The lowest BCUT2D eigenvalue weighted by Gasteiger charge is -2.36. The number of rotatable bonds is 14. The number of aldehydes is 2. The van der Waals surface area contributed by atoms with Gasteiger partial charge in [0.05, 0.1) is 0 Å². The Kier molecular flexibility index (Phi) is 12.2. The van der Waals surface area contributed by atoms with Gasteiger partial charge in [0.1, 0.15) is 24.1 Å². The quantitative estimate of drug-likeness (QED) is 0.175. The fraction of sp³-hybridized carbons (Fsp3) is 0.419. The van der Waals surface area contributed by atoms with E-state index in [1.807, 2.05) is 0 Å². The van der Waals surface area contributed by atoms with E-state index in [-0.39, 0.29) is 11.5 Å². The van der Waals surface area contributed by atoms with Crippen molar-refractivity contribution in [3.05, 3.63) is 59.7 Å². The van der Waals surface area contributed by atoms with Gasteiger partial charge in [0.2, 0.25) is 0 Å². The van der Waals surface area contributed by atoms with E-state index in [4.69, 9.17) is 9.47 Å². The van der Waals surface area contributed by atoms with Crippen molar-refractivity contribution in [1.82, 2.24) is 21.3 Å². The maximum atomic E-state index is 12.6. The first kappa shape index (κ1) is 35.5. The van der Waals surface area contributed by atoms with E-state index in [1.54, 1.807) is 48.5 Å². The van der Waals surface area contributed by atoms with E-state index >= 15 is 0 Å². The number of nitrogens with one attached hydrogen (secondary N) is 4. The lowest BCUT2D eigenvalue weighted by molar-refractivity contribution is 0.111. The molecule has 0 bridgehead atoms. The first-order valence-electron chi connectivity index (χ1n) is 14.0. The molecule has 0 saturated carbocycles. The zero-order valence-corrected chi connectivity index (χ0v) is 26.1.